The van der Waals surface area contributed by atoms with Gasteiger partial charge in [-0.05, 0) is 36.6 Å². The van der Waals surface area contributed by atoms with Gasteiger partial charge in [-0.15, -0.1) is 29.3 Å². The second-order valence-electron chi connectivity index (χ2n) is 5.58. The molecule has 0 fully saturated rings. The SMILES string of the molecule is C=CCN=c1scc(-c2cccs2)n1N=C(C)c1ccc(OC)c(OC)c1. The van der Waals surface area contributed by atoms with E-state index in [0.29, 0.717) is 18.0 Å². The third-order valence-corrected chi connectivity index (χ3v) is 5.61. The van der Waals surface area contributed by atoms with Gasteiger partial charge in [-0.25, -0.2) is 4.68 Å². The van der Waals surface area contributed by atoms with Crippen LogP contribution in [0.2, 0.25) is 0 Å². The minimum absolute atomic E-state index is 0.551. The topological polar surface area (TPSA) is 48.1 Å². The largest absolute Gasteiger partial charge is 0.493 e. The summed E-state index contributed by atoms with van der Waals surface area (Å²) in [6.07, 6.45) is 1.78. The highest BCUT2D eigenvalue weighted by molar-refractivity contribution is 7.14. The summed E-state index contributed by atoms with van der Waals surface area (Å²) in [6.45, 7) is 6.27. The van der Waals surface area contributed by atoms with E-state index in [-0.39, 0.29) is 0 Å². The first-order valence-electron chi connectivity index (χ1n) is 8.31. The molecule has 27 heavy (non-hydrogen) atoms. The molecule has 3 aromatic rings. The van der Waals surface area contributed by atoms with Crippen molar-refractivity contribution in [3.63, 3.8) is 0 Å². The van der Waals surface area contributed by atoms with Crippen LogP contribution in [0.15, 0.2) is 63.8 Å². The van der Waals surface area contributed by atoms with E-state index in [9.17, 15) is 0 Å². The number of rotatable bonds is 7. The molecule has 0 unspecified atom stereocenters. The monoisotopic (exact) mass is 399 g/mol. The van der Waals surface area contributed by atoms with Gasteiger partial charge in [0.25, 0.3) is 0 Å². The molecule has 0 aliphatic rings. The zero-order chi connectivity index (χ0) is 19.2. The number of hydrogen-bond donors (Lipinski definition) is 0. The van der Waals surface area contributed by atoms with Gasteiger partial charge >= 0.3 is 0 Å². The second-order valence-corrected chi connectivity index (χ2v) is 7.36. The summed E-state index contributed by atoms with van der Waals surface area (Å²) >= 11 is 3.25. The lowest BCUT2D eigenvalue weighted by Crippen LogP contribution is -2.14. The standard InChI is InChI=1S/C20H21N3O2S2/c1-5-10-21-20-23(16(13-27-20)19-7-6-11-26-19)22-14(2)15-8-9-17(24-3)18(12-15)25-4/h5-9,11-13H,1,10H2,2-4H3. The fraction of sp³-hybridized carbons (Fsp3) is 0.200. The number of ether oxygens (including phenoxy) is 2. The van der Waals surface area contributed by atoms with Gasteiger partial charge in [-0.3, -0.25) is 4.99 Å². The third-order valence-electron chi connectivity index (χ3n) is 3.87. The molecule has 140 valence electrons. The van der Waals surface area contributed by atoms with Crippen LogP contribution in [0.3, 0.4) is 0 Å². The van der Waals surface area contributed by atoms with Crippen molar-refractivity contribution in [2.75, 3.05) is 20.8 Å². The molecule has 3 rings (SSSR count). The van der Waals surface area contributed by atoms with Gasteiger partial charge in [0, 0.05) is 10.9 Å². The first-order valence-corrected chi connectivity index (χ1v) is 10.1. The van der Waals surface area contributed by atoms with Crippen molar-refractivity contribution in [3.8, 4) is 22.1 Å². The lowest BCUT2D eigenvalue weighted by molar-refractivity contribution is 0.355. The molecule has 2 heterocycles. The van der Waals surface area contributed by atoms with E-state index in [4.69, 9.17) is 14.6 Å². The maximum absolute atomic E-state index is 5.41. The van der Waals surface area contributed by atoms with Gasteiger partial charge in [-0.2, -0.15) is 5.10 Å². The predicted molar refractivity (Wildman–Crippen MR) is 113 cm³/mol. The van der Waals surface area contributed by atoms with Crippen molar-refractivity contribution in [1.82, 2.24) is 4.68 Å². The zero-order valence-corrected chi connectivity index (χ0v) is 17.1. The van der Waals surface area contributed by atoms with Crippen molar-refractivity contribution in [3.05, 3.63) is 64.1 Å². The molecule has 0 aliphatic heterocycles. The van der Waals surface area contributed by atoms with E-state index in [2.05, 4.69) is 28.4 Å². The normalized spacial score (nSPS) is 12.3. The summed E-state index contributed by atoms with van der Waals surface area (Å²) < 4.78 is 12.6. The lowest BCUT2D eigenvalue weighted by atomic mass is 10.1. The van der Waals surface area contributed by atoms with Crippen LogP contribution in [0.1, 0.15) is 12.5 Å². The number of benzene rings is 1. The fourth-order valence-electron chi connectivity index (χ4n) is 2.51. The maximum Gasteiger partial charge on any atom is 0.206 e. The Morgan fingerprint density at radius 3 is 2.67 bits per heavy atom. The van der Waals surface area contributed by atoms with Crippen LogP contribution in [0.4, 0.5) is 0 Å². The van der Waals surface area contributed by atoms with Crippen LogP contribution < -0.4 is 14.3 Å². The number of thiophene rings is 1. The van der Waals surface area contributed by atoms with E-state index in [1.54, 1.807) is 43.0 Å². The van der Waals surface area contributed by atoms with E-state index in [0.717, 1.165) is 26.6 Å². The zero-order valence-electron chi connectivity index (χ0n) is 15.5. The minimum atomic E-state index is 0.551. The first kappa shape index (κ1) is 19.1. The quantitative estimate of drug-likeness (QED) is 0.429. The van der Waals surface area contributed by atoms with Gasteiger partial charge in [0.05, 0.1) is 37.0 Å². The number of thiazole rings is 1. The van der Waals surface area contributed by atoms with Gasteiger partial charge in [0.1, 0.15) is 0 Å². The van der Waals surface area contributed by atoms with Crippen molar-refractivity contribution in [2.24, 2.45) is 10.1 Å². The van der Waals surface area contributed by atoms with Crippen LogP contribution >= 0.6 is 22.7 Å². The summed E-state index contributed by atoms with van der Waals surface area (Å²) in [6, 6.07) is 9.90. The van der Waals surface area contributed by atoms with E-state index < -0.39 is 0 Å². The van der Waals surface area contributed by atoms with Crippen molar-refractivity contribution in [2.45, 2.75) is 6.92 Å². The lowest BCUT2D eigenvalue weighted by Gasteiger charge is -2.10. The highest BCUT2D eigenvalue weighted by atomic mass is 32.1. The number of aromatic nitrogens is 1. The highest BCUT2D eigenvalue weighted by Gasteiger charge is 2.11. The molecule has 0 saturated heterocycles. The summed E-state index contributed by atoms with van der Waals surface area (Å²) in [5, 5.41) is 9.00. The van der Waals surface area contributed by atoms with Crippen LogP contribution in [0, 0.1) is 0 Å². The highest BCUT2D eigenvalue weighted by Crippen LogP contribution is 2.28. The molecule has 0 amide bonds. The van der Waals surface area contributed by atoms with Crippen molar-refractivity contribution >= 4 is 28.4 Å². The average Bonchev–Trinajstić information content (AvgIpc) is 3.35. The molecule has 2 aromatic heterocycles. The number of nitrogens with zero attached hydrogens (tertiary/aromatic N) is 3. The summed E-state index contributed by atoms with van der Waals surface area (Å²) in [4.78, 5) is 6.56. The van der Waals surface area contributed by atoms with Crippen molar-refractivity contribution < 1.29 is 9.47 Å². The molecule has 0 N–H and O–H groups in total. The Morgan fingerprint density at radius 2 is 2.00 bits per heavy atom. The Balaban J connectivity index is 2.10. The molecule has 0 spiro atoms. The molecule has 0 atom stereocenters. The Hall–Kier alpha value is -2.64. The van der Waals surface area contributed by atoms with Crippen LogP contribution in [-0.2, 0) is 0 Å². The van der Waals surface area contributed by atoms with Gasteiger partial charge in [0.15, 0.2) is 11.5 Å². The molecule has 0 bridgehead atoms. The number of methoxy groups -OCH3 is 2. The number of hydrogen-bond acceptors (Lipinski definition) is 6. The van der Waals surface area contributed by atoms with Crippen LogP contribution in [0.25, 0.3) is 10.6 Å². The molecular formula is C20H21N3O2S2. The van der Waals surface area contributed by atoms with Gasteiger partial charge in [-0.1, -0.05) is 12.1 Å². The van der Waals surface area contributed by atoms with Crippen LogP contribution in [-0.4, -0.2) is 31.2 Å². The molecule has 5 nitrogen and oxygen atoms in total. The van der Waals surface area contributed by atoms with Gasteiger partial charge in [0.2, 0.25) is 4.80 Å². The summed E-state index contributed by atoms with van der Waals surface area (Å²) in [7, 11) is 3.25. The Kier molecular flexibility index (Phi) is 6.26. The fourth-order valence-corrected chi connectivity index (χ4v) is 4.14. The predicted octanol–water partition coefficient (Wildman–Crippen LogP) is 4.65. The molecule has 0 radical (unpaired) electrons. The van der Waals surface area contributed by atoms with E-state index in [1.807, 2.05) is 35.9 Å². The smallest absolute Gasteiger partial charge is 0.206 e. The molecule has 0 aliphatic carbocycles. The van der Waals surface area contributed by atoms with E-state index in [1.165, 1.54) is 0 Å². The van der Waals surface area contributed by atoms with Gasteiger partial charge < -0.3 is 9.47 Å². The molecule has 1 aromatic carbocycles. The molecular weight excluding hydrogens is 378 g/mol. The summed E-state index contributed by atoms with van der Waals surface area (Å²) in [5.74, 6) is 1.37. The molecule has 0 saturated carbocycles. The van der Waals surface area contributed by atoms with Crippen molar-refractivity contribution in [1.29, 1.82) is 0 Å². The maximum atomic E-state index is 5.41. The molecule has 7 heteroatoms. The minimum Gasteiger partial charge on any atom is -0.493 e. The third kappa shape index (κ3) is 4.20. The van der Waals surface area contributed by atoms with Crippen LogP contribution in [0.5, 0.6) is 11.5 Å². The second kappa shape index (κ2) is 8.83. The van der Waals surface area contributed by atoms with E-state index >= 15 is 0 Å². The Bertz CT molecular complexity index is 1010. The first-order chi connectivity index (χ1) is 13.2. The Labute approximate surface area is 166 Å². The summed E-state index contributed by atoms with van der Waals surface area (Å²) in [5.41, 5.74) is 2.84. The Morgan fingerprint density at radius 1 is 1.19 bits per heavy atom. The average molecular weight is 400 g/mol.